The molecule has 1 radical (unpaired) electrons. The lowest BCUT2D eigenvalue weighted by atomic mass is 10.1. The van der Waals surface area contributed by atoms with Gasteiger partial charge in [0.2, 0.25) is 5.91 Å². The van der Waals surface area contributed by atoms with Gasteiger partial charge in [-0.1, -0.05) is 0 Å². The van der Waals surface area contributed by atoms with Crippen LogP contribution in [0.4, 0.5) is 0 Å². The summed E-state index contributed by atoms with van der Waals surface area (Å²) in [4.78, 5) is 13.4. The van der Waals surface area contributed by atoms with Gasteiger partial charge in [-0.15, -0.1) is 0 Å². The Kier molecular flexibility index (Phi) is 4.22. The Morgan fingerprint density at radius 1 is 1.31 bits per heavy atom. The van der Waals surface area contributed by atoms with Gasteiger partial charge in [0.1, 0.15) is 0 Å². The number of carbonyl (C=O) groups excluding carboxylic acids is 1. The number of hydrogen-bond acceptors (Lipinski definition) is 1. The standard InChI is InChI=1S/C10H18NO2/c1-9(12)5-6-10(13)11-7-3-2-4-8-11/h9H,2-8H2,1H3. The Labute approximate surface area is 79.7 Å². The van der Waals surface area contributed by atoms with Crippen LogP contribution in [0.15, 0.2) is 0 Å². The highest BCUT2D eigenvalue weighted by molar-refractivity contribution is 5.76. The molecule has 1 heterocycles. The lowest BCUT2D eigenvalue weighted by Crippen LogP contribution is -2.35. The van der Waals surface area contributed by atoms with E-state index in [9.17, 15) is 9.90 Å². The summed E-state index contributed by atoms with van der Waals surface area (Å²) in [6, 6.07) is 0. The van der Waals surface area contributed by atoms with Crippen molar-refractivity contribution >= 4 is 5.91 Å². The first-order chi connectivity index (χ1) is 6.20. The molecule has 1 fully saturated rings. The molecule has 1 aliphatic rings. The number of hydrogen-bond donors (Lipinski definition) is 0. The van der Waals surface area contributed by atoms with Crippen LogP contribution in [0.3, 0.4) is 0 Å². The second kappa shape index (κ2) is 5.22. The molecule has 0 N–H and O–H groups in total. The van der Waals surface area contributed by atoms with Crippen molar-refractivity contribution in [2.24, 2.45) is 0 Å². The van der Waals surface area contributed by atoms with E-state index in [1.165, 1.54) is 6.42 Å². The summed E-state index contributed by atoms with van der Waals surface area (Å²) in [5.74, 6) is 0.169. The normalized spacial score (nSPS) is 20.0. The van der Waals surface area contributed by atoms with Gasteiger partial charge in [-0.25, -0.2) is 5.11 Å². The second-order valence-electron chi connectivity index (χ2n) is 3.79. The fourth-order valence-corrected chi connectivity index (χ4v) is 1.63. The molecule has 3 heteroatoms. The van der Waals surface area contributed by atoms with Gasteiger partial charge in [0.05, 0.1) is 6.10 Å². The van der Waals surface area contributed by atoms with Crippen LogP contribution in [0, 0.1) is 0 Å². The number of likely N-dealkylation sites (tertiary alicyclic amines) is 1. The maximum atomic E-state index is 11.5. The van der Waals surface area contributed by atoms with Crippen molar-refractivity contribution in [3.8, 4) is 0 Å². The van der Waals surface area contributed by atoms with Crippen molar-refractivity contribution < 1.29 is 9.90 Å². The molecule has 0 aromatic carbocycles. The largest absolute Gasteiger partial charge is 0.343 e. The molecule has 1 unspecified atom stereocenters. The maximum absolute atomic E-state index is 11.5. The molecule has 0 saturated carbocycles. The van der Waals surface area contributed by atoms with E-state index in [2.05, 4.69) is 0 Å². The zero-order valence-corrected chi connectivity index (χ0v) is 8.29. The zero-order chi connectivity index (χ0) is 9.68. The molecule has 0 aromatic rings. The number of piperidine rings is 1. The highest BCUT2D eigenvalue weighted by Gasteiger charge is 2.16. The van der Waals surface area contributed by atoms with E-state index >= 15 is 0 Å². The van der Waals surface area contributed by atoms with Crippen LogP contribution in [0.2, 0.25) is 0 Å². The first kappa shape index (κ1) is 10.5. The lowest BCUT2D eigenvalue weighted by Gasteiger charge is -2.26. The summed E-state index contributed by atoms with van der Waals surface area (Å²) in [6.07, 6.45) is 3.80. The fraction of sp³-hybridized carbons (Fsp3) is 0.900. The minimum atomic E-state index is -0.603. The van der Waals surface area contributed by atoms with Crippen molar-refractivity contribution in [3.05, 3.63) is 0 Å². The molecular weight excluding hydrogens is 166 g/mol. The Balaban J connectivity index is 2.21. The van der Waals surface area contributed by atoms with E-state index in [0.717, 1.165) is 25.9 Å². The topological polar surface area (TPSA) is 40.2 Å². The Morgan fingerprint density at radius 2 is 1.92 bits per heavy atom. The van der Waals surface area contributed by atoms with Gasteiger partial charge in [0, 0.05) is 19.5 Å². The average Bonchev–Trinajstić information content (AvgIpc) is 2.15. The van der Waals surface area contributed by atoms with Gasteiger partial charge in [-0.2, -0.15) is 0 Å². The number of nitrogens with zero attached hydrogens (tertiary/aromatic N) is 1. The first-order valence-corrected chi connectivity index (χ1v) is 5.14. The summed E-state index contributed by atoms with van der Waals surface area (Å²) in [5, 5.41) is 10.7. The van der Waals surface area contributed by atoms with E-state index in [0.29, 0.717) is 12.8 Å². The van der Waals surface area contributed by atoms with Gasteiger partial charge < -0.3 is 4.90 Å². The average molecular weight is 184 g/mol. The van der Waals surface area contributed by atoms with Crippen LogP contribution in [-0.2, 0) is 9.90 Å². The molecule has 3 nitrogen and oxygen atoms in total. The minimum absolute atomic E-state index is 0.169. The number of carbonyl (C=O) groups is 1. The van der Waals surface area contributed by atoms with E-state index in [1.807, 2.05) is 4.90 Å². The van der Waals surface area contributed by atoms with Crippen LogP contribution in [0.1, 0.15) is 39.0 Å². The van der Waals surface area contributed by atoms with E-state index in [1.54, 1.807) is 6.92 Å². The van der Waals surface area contributed by atoms with E-state index in [4.69, 9.17) is 0 Å². The Hall–Kier alpha value is -0.570. The van der Waals surface area contributed by atoms with Crippen molar-refractivity contribution in [2.75, 3.05) is 13.1 Å². The molecule has 1 aliphatic heterocycles. The fourth-order valence-electron chi connectivity index (χ4n) is 1.63. The van der Waals surface area contributed by atoms with E-state index in [-0.39, 0.29) is 5.91 Å². The molecule has 0 bridgehead atoms. The van der Waals surface area contributed by atoms with Gasteiger partial charge in [0.25, 0.3) is 0 Å². The summed E-state index contributed by atoms with van der Waals surface area (Å²) in [6.45, 7) is 3.40. The smallest absolute Gasteiger partial charge is 0.222 e. The highest BCUT2D eigenvalue weighted by Crippen LogP contribution is 2.11. The summed E-state index contributed by atoms with van der Waals surface area (Å²) in [7, 11) is 0. The maximum Gasteiger partial charge on any atom is 0.222 e. The Bertz CT molecular complexity index is 162. The molecule has 0 aromatic heterocycles. The van der Waals surface area contributed by atoms with Crippen LogP contribution in [-0.4, -0.2) is 30.0 Å². The van der Waals surface area contributed by atoms with Crippen LogP contribution in [0.5, 0.6) is 0 Å². The molecule has 1 rings (SSSR count). The van der Waals surface area contributed by atoms with E-state index < -0.39 is 6.10 Å². The second-order valence-corrected chi connectivity index (χ2v) is 3.79. The predicted octanol–water partition coefficient (Wildman–Crippen LogP) is 1.60. The molecule has 1 atom stereocenters. The lowest BCUT2D eigenvalue weighted by molar-refractivity contribution is -0.132. The molecule has 0 aliphatic carbocycles. The van der Waals surface area contributed by atoms with Crippen molar-refractivity contribution in [1.29, 1.82) is 0 Å². The molecule has 0 spiro atoms. The number of rotatable bonds is 3. The summed E-state index contributed by atoms with van der Waals surface area (Å²) >= 11 is 0. The van der Waals surface area contributed by atoms with Crippen LogP contribution < -0.4 is 0 Å². The molecule has 1 saturated heterocycles. The van der Waals surface area contributed by atoms with Gasteiger partial charge >= 0.3 is 0 Å². The molecule has 13 heavy (non-hydrogen) atoms. The van der Waals surface area contributed by atoms with Crippen LogP contribution >= 0.6 is 0 Å². The van der Waals surface area contributed by atoms with Crippen molar-refractivity contribution in [2.45, 2.75) is 45.1 Å². The number of amides is 1. The summed E-state index contributed by atoms with van der Waals surface area (Å²) in [5.41, 5.74) is 0. The monoisotopic (exact) mass is 184 g/mol. The van der Waals surface area contributed by atoms with Gasteiger partial charge in [-0.05, 0) is 32.6 Å². The zero-order valence-electron chi connectivity index (χ0n) is 8.29. The third-order valence-electron chi connectivity index (χ3n) is 2.47. The summed E-state index contributed by atoms with van der Waals surface area (Å²) < 4.78 is 0. The minimum Gasteiger partial charge on any atom is -0.343 e. The van der Waals surface area contributed by atoms with Gasteiger partial charge in [-0.3, -0.25) is 4.79 Å². The van der Waals surface area contributed by atoms with Crippen LogP contribution in [0.25, 0.3) is 0 Å². The van der Waals surface area contributed by atoms with Crippen molar-refractivity contribution in [3.63, 3.8) is 0 Å². The SMILES string of the molecule is CC([O])CCC(=O)N1CCCCC1. The van der Waals surface area contributed by atoms with Crippen molar-refractivity contribution in [1.82, 2.24) is 4.90 Å². The molecular formula is C10H18NO2. The molecule has 75 valence electrons. The quantitative estimate of drug-likeness (QED) is 0.656. The van der Waals surface area contributed by atoms with Gasteiger partial charge in [0.15, 0.2) is 0 Å². The molecule has 1 amide bonds. The predicted molar refractivity (Wildman–Crippen MR) is 49.8 cm³/mol. The first-order valence-electron chi connectivity index (χ1n) is 5.14. The Morgan fingerprint density at radius 3 is 2.46 bits per heavy atom. The highest BCUT2D eigenvalue weighted by atomic mass is 16.3. The third-order valence-corrected chi connectivity index (χ3v) is 2.47. The third kappa shape index (κ3) is 3.77.